The number of benzene rings is 1. The van der Waals surface area contributed by atoms with Gasteiger partial charge in [-0.15, -0.1) is 0 Å². The number of rotatable bonds is 6. The summed E-state index contributed by atoms with van der Waals surface area (Å²) in [5.74, 6) is 0.0717. The molecule has 1 amide bonds. The third kappa shape index (κ3) is 5.09. The van der Waals surface area contributed by atoms with Crippen LogP contribution in [-0.2, 0) is 16.1 Å². The topological polar surface area (TPSA) is 55.6 Å². The van der Waals surface area contributed by atoms with Gasteiger partial charge in [-0.1, -0.05) is 11.6 Å². The van der Waals surface area contributed by atoms with Crippen molar-refractivity contribution in [1.82, 2.24) is 4.90 Å². The molecule has 2 N–H and O–H groups in total. The van der Waals surface area contributed by atoms with Crippen molar-refractivity contribution in [2.45, 2.75) is 32.4 Å². The molecule has 0 aliphatic rings. The highest BCUT2D eigenvalue weighted by atomic mass is 35.5. The summed E-state index contributed by atoms with van der Waals surface area (Å²) in [6.07, 6.45) is 1.27. The number of hydrogen-bond donors (Lipinski definition) is 1. The largest absolute Gasteiger partial charge is 0.399 e. The van der Waals surface area contributed by atoms with Crippen molar-refractivity contribution in [1.29, 1.82) is 0 Å². The van der Waals surface area contributed by atoms with Crippen LogP contribution in [0.4, 0.5) is 5.69 Å². The molecule has 4 nitrogen and oxygen atoms in total. The van der Waals surface area contributed by atoms with E-state index < -0.39 is 0 Å². The first kappa shape index (κ1) is 15.8. The maximum atomic E-state index is 12.0. The minimum Gasteiger partial charge on any atom is -0.399 e. The van der Waals surface area contributed by atoms with Crippen LogP contribution in [-0.4, -0.2) is 31.1 Å². The van der Waals surface area contributed by atoms with E-state index in [0.717, 1.165) is 5.56 Å². The van der Waals surface area contributed by atoms with Gasteiger partial charge in [0.15, 0.2) is 0 Å². The predicted molar refractivity (Wildman–Crippen MR) is 78.0 cm³/mol. The lowest BCUT2D eigenvalue weighted by atomic mass is 10.1. The van der Waals surface area contributed by atoms with Gasteiger partial charge >= 0.3 is 0 Å². The molecule has 1 aromatic carbocycles. The smallest absolute Gasteiger partial charge is 0.222 e. The average Bonchev–Trinajstić information content (AvgIpc) is 2.39. The van der Waals surface area contributed by atoms with E-state index in [9.17, 15) is 4.79 Å². The number of carbonyl (C=O) groups is 1. The number of methoxy groups -OCH3 is 1. The second kappa shape index (κ2) is 7.36. The highest BCUT2D eigenvalue weighted by Gasteiger charge is 2.12. The van der Waals surface area contributed by atoms with E-state index in [4.69, 9.17) is 22.1 Å². The Hall–Kier alpha value is -1.26. The van der Waals surface area contributed by atoms with Gasteiger partial charge in [0, 0.05) is 37.8 Å². The molecule has 5 heteroatoms. The molecule has 0 heterocycles. The number of nitrogens with two attached hydrogens (primary N) is 1. The second-order valence-electron chi connectivity index (χ2n) is 4.69. The predicted octanol–water partition coefficient (Wildman–Crippen LogP) is 2.70. The zero-order valence-corrected chi connectivity index (χ0v) is 12.4. The third-order valence-electron chi connectivity index (χ3n) is 3.07. The zero-order valence-electron chi connectivity index (χ0n) is 11.6. The van der Waals surface area contributed by atoms with Crippen LogP contribution in [0.1, 0.15) is 25.3 Å². The molecule has 19 heavy (non-hydrogen) atoms. The number of nitrogen functional groups attached to an aromatic ring is 1. The number of amides is 1. The lowest BCUT2D eigenvalue weighted by molar-refractivity contribution is -0.131. The number of ether oxygens (including phenoxy) is 1. The molecule has 0 spiro atoms. The van der Waals surface area contributed by atoms with Gasteiger partial charge in [-0.25, -0.2) is 0 Å². The molecule has 1 aromatic rings. The zero-order chi connectivity index (χ0) is 14.4. The van der Waals surface area contributed by atoms with Gasteiger partial charge in [0.2, 0.25) is 5.91 Å². The Labute approximate surface area is 119 Å². The molecule has 1 rings (SSSR count). The molecule has 0 aromatic heterocycles. The lowest BCUT2D eigenvalue weighted by Gasteiger charge is -2.19. The van der Waals surface area contributed by atoms with Crippen molar-refractivity contribution in [2.75, 3.05) is 19.9 Å². The van der Waals surface area contributed by atoms with Gasteiger partial charge in [0.1, 0.15) is 0 Å². The molecular formula is C14H21ClN2O2. The molecule has 1 atom stereocenters. The Balaban J connectivity index is 2.56. The van der Waals surface area contributed by atoms with Crippen molar-refractivity contribution < 1.29 is 9.53 Å². The third-order valence-corrected chi connectivity index (χ3v) is 3.44. The molecule has 0 saturated heterocycles. The normalized spacial score (nSPS) is 12.2. The van der Waals surface area contributed by atoms with Gasteiger partial charge in [-0.3, -0.25) is 4.79 Å². The summed E-state index contributed by atoms with van der Waals surface area (Å²) in [4.78, 5) is 13.6. The van der Waals surface area contributed by atoms with Crippen LogP contribution in [0.25, 0.3) is 0 Å². The van der Waals surface area contributed by atoms with Crippen LogP contribution in [0.3, 0.4) is 0 Å². The molecule has 0 radical (unpaired) electrons. The summed E-state index contributed by atoms with van der Waals surface area (Å²) in [7, 11) is 3.41. The van der Waals surface area contributed by atoms with E-state index in [1.54, 1.807) is 37.3 Å². The number of halogens is 1. The number of nitrogens with zero attached hydrogens (tertiary/aromatic N) is 1. The van der Waals surface area contributed by atoms with Gasteiger partial charge in [0.25, 0.3) is 0 Å². The van der Waals surface area contributed by atoms with Crippen LogP contribution in [0.5, 0.6) is 0 Å². The number of anilines is 1. The van der Waals surface area contributed by atoms with E-state index in [0.29, 0.717) is 30.1 Å². The highest BCUT2D eigenvalue weighted by Crippen LogP contribution is 2.20. The molecule has 1 unspecified atom stereocenters. The van der Waals surface area contributed by atoms with Crippen LogP contribution in [0.2, 0.25) is 5.02 Å². The van der Waals surface area contributed by atoms with E-state index >= 15 is 0 Å². The van der Waals surface area contributed by atoms with Crippen molar-refractivity contribution in [3.63, 3.8) is 0 Å². The summed E-state index contributed by atoms with van der Waals surface area (Å²) in [6, 6.07) is 5.29. The van der Waals surface area contributed by atoms with Crippen LogP contribution in [0, 0.1) is 0 Å². The summed E-state index contributed by atoms with van der Waals surface area (Å²) in [6.45, 7) is 2.41. The van der Waals surface area contributed by atoms with Gasteiger partial charge in [-0.2, -0.15) is 0 Å². The molecule has 0 aliphatic heterocycles. The summed E-state index contributed by atoms with van der Waals surface area (Å²) in [5.41, 5.74) is 7.22. The van der Waals surface area contributed by atoms with Crippen molar-refractivity contribution in [3.8, 4) is 0 Å². The Morgan fingerprint density at radius 3 is 2.84 bits per heavy atom. The van der Waals surface area contributed by atoms with Crippen molar-refractivity contribution in [3.05, 3.63) is 28.8 Å². The van der Waals surface area contributed by atoms with Gasteiger partial charge in [-0.05, 0) is 37.1 Å². The summed E-state index contributed by atoms with van der Waals surface area (Å²) < 4.78 is 5.13. The maximum Gasteiger partial charge on any atom is 0.222 e. The van der Waals surface area contributed by atoms with E-state index in [1.165, 1.54) is 0 Å². The first-order valence-electron chi connectivity index (χ1n) is 6.24. The minimum absolute atomic E-state index is 0.0717. The first-order valence-corrected chi connectivity index (χ1v) is 6.62. The Morgan fingerprint density at radius 1 is 1.53 bits per heavy atom. The average molecular weight is 285 g/mol. The lowest BCUT2D eigenvalue weighted by Crippen LogP contribution is -2.27. The Morgan fingerprint density at radius 2 is 2.21 bits per heavy atom. The standard InChI is InChI=1S/C14H21ClN2O2/c1-10(19-3)4-7-14(18)17(2)9-11-8-12(16)5-6-13(11)15/h5-6,8,10H,4,7,9,16H2,1-3H3. The Bertz CT molecular complexity index is 437. The Kier molecular flexibility index (Phi) is 6.12. The van der Waals surface area contributed by atoms with E-state index in [2.05, 4.69) is 0 Å². The molecule has 0 bridgehead atoms. The molecule has 0 aliphatic carbocycles. The monoisotopic (exact) mass is 284 g/mol. The van der Waals surface area contributed by atoms with Crippen molar-refractivity contribution in [2.24, 2.45) is 0 Å². The van der Waals surface area contributed by atoms with Gasteiger partial charge in [0.05, 0.1) is 6.10 Å². The molecular weight excluding hydrogens is 264 g/mol. The highest BCUT2D eigenvalue weighted by molar-refractivity contribution is 6.31. The maximum absolute atomic E-state index is 12.0. The summed E-state index contributed by atoms with van der Waals surface area (Å²) in [5, 5.41) is 0.624. The van der Waals surface area contributed by atoms with Crippen molar-refractivity contribution >= 4 is 23.2 Å². The second-order valence-corrected chi connectivity index (χ2v) is 5.09. The fourth-order valence-electron chi connectivity index (χ4n) is 1.69. The van der Waals surface area contributed by atoms with Crippen LogP contribution in [0.15, 0.2) is 18.2 Å². The summed E-state index contributed by atoms with van der Waals surface area (Å²) >= 11 is 6.08. The molecule has 0 saturated carbocycles. The molecule has 0 fully saturated rings. The quantitative estimate of drug-likeness (QED) is 0.817. The molecule has 106 valence electrons. The number of carbonyl (C=O) groups excluding carboxylic acids is 1. The fraction of sp³-hybridized carbons (Fsp3) is 0.500. The van der Waals surface area contributed by atoms with Crippen LogP contribution >= 0.6 is 11.6 Å². The van der Waals surface area contributed by atoms with Crippen LogP contribution < -0.4 is 5.73 Å². The first-order chi connectivity index (χ1) is 8.93. The van der Waals surface area contributed by atoms with Gasteiger partial charge < -0.3 is 15.4 Å². The fourth-order valence-corrected chi connectivity index (χ4v) is 1.87. The minimum atomic E-state index is 0.0717. The van der Waals surface area contributed by atoms with E-state index in [-0.39, 0.29) is 12.0 Å². The van der Waals surface area contributed by atoms with E-state index in [1.807, 2.05) is 6.92 Å². The number of hydrogen-bond acceptors (Lipinski definition) is 3. The SMILES string of the molecule is COC(C)CCC(=O)N(C)Cc1cc(N)ccc1Cl.